The van der Waals surface area contributed by atoms with Gasteiger partial charge in [0, 0.05) is 19.0 Å². The number of halogens is 1. The fourth-order valence-electron chi connectivity index (χ4n) is 3.05. The van der Waals surface area contributed by atoms with Crippen molar-refractivity contribution >= 4 is 17.5 Å². The number of aryl methyl sites for hydroxylation is 1. The molecule has 0 aliphatic carbocycles. The molecule has 1 aliphatic heterocycles. The number of fused-ring (bicyclic) bond motifs is 1. The highest BCUT2D eigenvalue weighted by Crippen LogP contribution is 2.33. The van der Waals surface area contributed by atoms with Gasteiger partial charge >= 0.3 is 0 Å². The molecule has 3 rings (SSSR count). The zero-order chi connectivity index (χ0) is 14.8. The Morgan fingerprint density at radius 3 is 2.81 bits per heavy atom. The first-order valence-corrected chi connectivity index (χ1v) is 7.70. The van der Waals surface area contributed by atoms with Gasteiger partial charge in [-0.3, -0.25) is 4.79 Å². The first-order valence-electron chi connectivity index (χ1n) is 7.17. The SMILES string of the molecule is Cc1cccc(C2CN(C(=O)CCl)Cc3ccccc32)c1. The lowest BCUT2D eigenvalue weighted by molar-refractivity contribution is -0.129. The Labute approximate surface area is 130 Å². The lowest BCUT2D eigenvalue weighted by Crippen LogP contribution is -2.39. The summed E-state index contributed by atoms with van der Waals surface area (Å²) in [6.07, 6.45) is 0. The molecule has 0 spiro atoms. The van der Waals surface area contributed by atoms with Gasteiger partial charge in [-0.2, -0.15) is 0 Å². The average molecular weight is 300 g/mol. The number of hydrogen-bond acceptors (Lipinski definition) is 1. The maximum Gasteiger partial charge on any atom is 0.237 e. The van der Waals surface area contributed by atoms with E-state index < -0.39 is 0 Å². The van der Waals surface area contributed by atoms with Crippen LogP contribution in [0.1, 0.15) is 28.2 Å². The summed E-state index contributed by atoms with van der Waals surface area (Å²) in [6.45, 7) is 3.45. The molecular weight excluding hydrogens is 282 g/mol. The second-order valence-electron chi connectivity index (χ2n) is 5.57. The first-order chi connectivity index (χ1) is 10.2. The summed E-state index contributed by atoms with van der Waals surface area (Å²) in [5, 5.41) is 0. The van der Waals surface area contributed by atoms with Gasteiger partial charge in [-0.15, -0.1) is 11.6 Å². The Hall–Kier alpha value is -1.80. The molecule has 1 aliphatic rings. The van der Waals surface area contributed by atoms with Gasteiger partial charge in [0.1, 0.15) is 5.88 Å². The Morgan fingerprint density at radius 2 is 2.05 bits per heavy atom. The minimum absolute atomic E-state index is 0.00354. The minimum atomic E-state index is 0.00354. The highest BCUT2D eigenvalue weighted by molar-refractivity contribution is 6.27. The zero-order valence-electron chi connectivity index (χ0n) is 12.1. The van der Waals surface area contributed by atoms with Gasteiger partial charge in [-0.05, 0) is 23.6 Å². The molecule has 1 amide bonds. The van der Waals surface area contributed by atoms with E-state index in [1.165, 1.54) is 22.3 Å². The van der Waals surface area contributed by atoms with Crippen molar-refractivity contribution in [2.24, 2.45) is 0 Å². The lowest BCUT2D eigenvalue weighted by Gasteiger charge is -2.35. The van der Waals surface area contributed by atoms with E-state index in [2.05, 4.69) is 49.4 Å². The van der Waals surface area contributed by atoms with Crippen molar-refractivity contribution in [2.75, 3.05) is 12.4 Å². The quantitative estimate of drug-likeness (QED) is 0.774. The fourth-order valence-corrected chi connectivity index (χ4v) is 3.22. The zero-order valence-corrected chi connectivity index (χ0v) is 12.8. The van der Waals surface area contributed by atoms with Crippen LogP contribution >= 0.6 is 11.6 Å². The number of benzene rings is 2. The summed E-state index contributed by atoms with van der Waals surface area (Å²) in [7, 11) is 0. The van der Waals surface area contributed by atoms with Crippen molar-refractivity contribution in [3.63, 3.8) is 0 Å². The summed E-state index contributed by atoms with van der Waals surface area (Å²) < 4.78 is 0. The monoisotopic (exact) mass is 299 g/mol. The van der Waals surface area contributed by atoms with Crippen LogP contribution in [0.5, 0.6) is 0 Å². The molecular formula is C18H18ClNO. The van der Waals surface area contributed by atoms with Gasteiger partial charge in [0.15, 0.2) is 0 Å². The normalized spacial score (nSPS) is 17.4. The second-order valence-corrected chi connectivity index (χ2v) is 5.84. The summed E-state index contributed by atoms with van der Waals surface area (Å²) in [6, 6.07) is 16.9. The Balaban J connectivity index is 2.04. The van der Waals surface area contributed by atoms with E-state index in [1.54, 1.807) is 0 Å². The topological polar surface area (TPSA) is 20.3 Å². The van der Waals surface area contributed by atoms with Crippen LogP contribution in [-0.2, 0) is 11.3 Å². The van der Waals surface area contributed by atoms with E-state index in [9.17, 15) is 4.79 Å². The van der Waals surface area contributed by atoms with Crippen LogP contribution in [0.2, 0.25) is 0 Å². The van der Waals surface area contributed by atoms with E-state index in [-0.39, 0.29) is 17.7 Å². The Bertz CT molecular complexity index is 668. The molecule has 0 N–H and O–H groups in total. The Kier molecular flexibility index (Phi) is 3.98. The fraction of sp³-hybridized carbons (Fsp3) is 0.278. The van der Waals surface area contributed by atoms with Gasteiger partial charge in [-0.25, -0.2) is 0 Å². The van der Waals surface area contributed by atoms with E-state index in [4.69, 9.17) is 11.6 Å². The second kappa shape index (κ2) is 5.90. The summed E-state index contributed by atoms with van der Waals surface area (Å²) in [5.74, 6) is 0.272. The van der Waals surface area contributed by atoms with Crippen LogP contribution in [0.25, 0.3) is 0 Å². The number of hydrogen-bond donors (Lipinski definition) is 0. The molecule has 1 atom stereocenters. The van der Waals surface area contributed by atoms with Crippen LogP contribution in [0, 0.1) is 6.92 Å². The summed E-state index contributed by atoms with van der Waals surface area (Å²) >= 11 is 5.74. The number of nitrogens with zero attached hydrogens (tertiary/aromatic N) is 1. The van der Waals surface area contributed by atoms with Crippen molar-refractivity contribution in [3.05, 3.63) is 70.8 Å². The Morgan fingerprint density at radius 1 is 1.24 bits per heavy atom. The molecule has 108 valence electrons. The minimum Gasteiger partial charge on any atom is -0.336 e. The highest BCUT2D eigenvalue weighted by atomic mass is 35.5. The van der Waals surface area contributed by atoms with E-state index in [1.807, 2.05) is 11.0 Å². The van der Waals surface area contributed by atoms with Crippen molar-refractivity contribution in [2.45, 2.75) is 19.4 Å². The van der Waals surface area contributed by atoms with Crippen LogP contribution < -0.4 is 0 Å². The molecule has 2 nitrogen and oxygen atoms in total. The number of carbonyl (C=O) groups excluding carboxylic acids is 1. The predicted molar refractivity (Wildman–Crippen MR) is 85.6 cm³/mol. The number of amides is 1. The molecule has 0 saturated heterocycles. The van der Waals surface area contributed by atoms with Gasteiger partial charge in [0.2, 0.25) is 5.91 Å². The van der Waals surface area contributed by atoms with Crippen molar-refractivity contribution in [1.82, 2.24) is 4.90 Å². The molecule has 0 radical (unpaired) electrons. The maximum atomic E-state index is 12.0. The smallest absolute Gasteiger partial charge is 0.237 e. The largest absolute Gasteiger partial charge is 0.336 e. The maximum absolute atomic E-state index is 12.0. The molecule has 0 saturated carbocycles. The summed E-state index contributed by atoms with van der Waals surface area (Å²) in [4.78, 5) is 13.9. The van der Waals surface area contributed by atoms with E-state index >= 15 is 0 Å². The lowest BCUT2D eigenvalue weighted by atomic mass is 9.84. The highest BCUT2D eigenvalue weighted by Gasteiger charge is 2.28. The van der Waals surface area contributed by atoms with Crippen molar-refractivity contribution < 1.29 is 4.79 Å². The number of carbonyl (C=O) groups is 1. The molecule has 2 aromatic rings. The van der Waals surface area contributed by atoms with Crippen LogP contribution in [0.4, 0.5) is 0 Å². The summed E-state index contributed by atoms with van der Waals surface area (Å²) in [5.41, 5.74) is 5.04. The predicted octanol–water partition coefficient (Wildman–Crippen LogP) is 3.71. The van der Waals surface area contributed by atoms with Gasteiger partial charge < -0.3 is 4.90 Å². The third-order valence-electron chi connectivity index (χ3n) is 4.11. The number of alkyl halides is 1. The van der Waals surface area contributed by atoms with E-state index in [0.717, 1.165) is 0 Å². The van der Waals surface area contributed by atoms with Gasteiger partial charge in [0.05, 0.1) is 0 Å². The molecule has 0 bridgehead atoms. The molecule has 0 aromatic heterocycles. The van der Waals surface area contributed by atoms with Crippen LogP contribution in [0.15, 0.2) is 48.5 Å². The third-order valence-corrected chi connectivity index (χ3v) is 4.33. The molecule has 1 unspecified atom stereocenters. The first kappa shape index (κ1) is 14.2. The van der Waals surface area contributed by atoms with Crippen LogP contribution in [0.3, 0.4) is 0 Å². The number of rotatable bonds is 2. The molecule has 0 fully saturated rings. The van der Waals surface area contributed by atoms with Crippen LogP contribution in [-0.4, -0.2) is 23.2 Å². The van der Waals surface area contributed by atoms with Gasteiger partial charge in [-0.1, -0.05) is 54.1 Å². The average Bonchev–Trinajstić information content (AvgIpc) is 2.53. The molecule has 2 aromatic carbocycles. The van der Waals surface area contributed by atoms with Crippen molar-refractivity contribution in [3.8, 4) is 0 Å². The van der Waals surface area contributed by atoms with E-state index in [0.29, 0.717) is 13.1 Å². The molecule has 1 heterocycles. The molecule has 3 heteroatoms. The standard InChI is InChI=1S/C18H18ClNO/c1-13-5-4-7-14(9-13)17-12-20(18(21)10-19)11-15-6-2-3-8-16(15)17/h2-9,17H,10-12H2,1H3. The third kappa shape index (κ3) is 2.81. The molecule has 21 heavy (non-hydrogen) atoms. The van der Waals surface area contributed by atoms with Gasteiger partial charge in [0.25, 0.3) is 0 Å². The van der Waals surface area contributed by atoms with Crippen molar-refractivity contribution in [1.29, 1.82) is 0 Å².